The van der Waals surface area contributed by atoms with Crippen LogP contribution >= 0.6 is 0 Å². The number of rotatable bonds is 4. The highest BCUT2D eigenvalue weighted by atomic mass is 16.2. The van der Waals surface area contributed by atoms with Crippen molar-refractivity contribution in [2.24, 2.45) is 5.92 Å². The van der Waals surface area contributed by atoms with Gasteiger partial charge in [-0.05, 0) is 18.8 Å². The Bertz CT molecular complexity index is 363. The number of likely N-dealkylation sites (tertiary alicyclic amines) is 1. The van der Waals surface area contributed by atoms with Crippen LogP contribution in [0.4, 0.5) is 0 Å². The Hall–Kier alpha value is -1.10. The molecule has 2 heterocycles. The average Bonchev–Trinajstić information content (AvgIpc) is 2.64. The third-order valence-electron chi connectivity index (χ3n) is 4.35. The van der Waals surface area contributed by atoms with Crippen molar-refractivity contribution >= 4 is 11.8 Å². The van der Waals surface area contributed by atoms with Crippen LogP contribution in [-0.4, -0.2) is 72.3 Å². The molecule has 0 aliphatic carbocycles. The maximum absolute atomic E-state index is 12.4. The Balaban J connectivity index is 1.77. The Labute approximate surface area is 128 Å². The van der Waals surface area contributed by atoms with Gasteiger partial charge in [0.15, 0.2) is 0 Å². The summed E-state index contributed by atoms with van der Waals surface area (Å²) in [5.41, 5.74) is 0. The highest BCUT2D eigenvalue weighted by molar-refractivity contribution is 5.85. The second-order valence-corrected chi connectivity index (χ2v) is 6.70. The zero-order valence-electron chi connectivity index (χ0n) is 13.5. The number of hydrogen-bond acceptors (Lipinski definition) is 3. The molecule has 2 rings (SSSR count). The van der Waals surface area contributed by atoms with Gasteiger partial charge in [0.2, 0.25) is 11.8 Å². The summed E-state index contributed by atoms with van der Waals surface area (Å²) in [6.45, 7) is 10.1. The number of carbonyl (C=O) groups is 2. The normalized spacial score (nSPS) is 21.8. The van der Waals surface area contributed by atoms with E-state index in [0.717, 1.165) is 58.5 Å². The maximum Gasteiger partial charge on any atom is 0.242 e. The van der Waals surface area contributed by atoms with Crippen LogP contribution in [0.25, 0.3) is 0 Å². The van der Waals surface area contributed by atoms with Gasteiger partial charge >= 0.3 is 0 Å². The maximum atomic E-state index is 12.4. The average molecular weight is 295 g/mol. The van der Waals surface area contributed by atoms with Crippen LogP contribution in [0.2, 0.25) is 0 Å². The zero-order valence-corrected chi connectivity index (χ0v) is 13.5. The zero-order chi connectivity index (χ0) is 15.2. The van der Waals surface area contributed by atoms with Crippen LogP contribution in [0.15, 0.2) is 0 Å². The molecule has 0 aromatic heterocycles. The van der Waals surface area contributed by atoms with Gasteiger partial charge in [0.25, 0.3) is 0 Å². The Kier molecular flexibility index (Phi) is 6.03. The Morgan fingerprint density at radius 1 is 1.05 bits per heavy atom. The van der Waals surface area contributed by atoms with Crippen LogP contribution in [0.3, 0.4) is 0 Å². The van der Waals surface area contributed by atoms with E-state index in [2.05, 4.69) is 18.7 Å². The molecular weight excluding hydrogens is 266 g/mol. The largest absolute Gasteiger partial charge is 0.339 e. The summed E-state index contributed by atoms with van der Waals surface area (Å²) in [6, 6.07) is 0. The van der Waals surface area contributed by atoms with Gasteiger partial charge in [-0.25, -0.2) is 0 Å². The van der Waals surface area contributed by atoms with Gasteiger partial charge in [-0.15, -0.1) is 0 Å². The Morgan fingerprint density at radius 2 is 1.76 bits per heavy atom. The number of nitrogens with zero attached hydrogens (tertiary/aromatic N) is 3. The van der Waals surface area contributed by atoms with E-state index < -0.39 is 0 Å². The number of hydrogen-bond donors (Lipinski definition) is 0. The molecule has 0 aromatic carbocycles. The number of piperazine rings is 1. The van der Waals surface area contributed by atoms with Crippen LogP contribution < -0.4 is 0 Å². The molecule has 2 aliphatic heterocycles. The molecule has 2 fully saturated rings. The first-order chi connectivity index (χ1) is 10.1. The molecule has 5 nitrogen and oxygen atoms in total. The minimum atomic E-state index is 0.120. The van der Waals surface area contributed by atoms with E-state index >= 15 is 0 Å². The van der Waals surface area contributed by atoms with Crippen molar-refractivity contribution in [1.29, 1.82) is 0 Å². The van der Waals surface area contributed by atoms with Gasteiger partial charge in [0.1, 0.15) is 0 Å². The van der Waals surface area contributed by atoms with E-state index in [0.29, 0.717) is 12.3 Å². The first-order valence-electron chi connectivity index (χ1n) is 8.34. The van der Waals surface area contributed by atoms with Crippen molar-refractivity contribution < 1.29 is 9.59 Å². The third-order valence-corrected chi connectivity index (χ3v) is 4.35. The summed E-state index contributed by atoms with van der Waals surface area (Å²) in [6.07, 6.45) is 3.71. The van der Waals surface area contributed by atoms with Crippen molar-refractivity contribution in [3.05, 3.63) is 0 Å². The molecule has 0 bridgehead atoms. The lowest BCUT2D eigenvalue weighted by atomic mass is 10.2. The van der Waals surface area contributed by atoms with Gasteiger partial charge in [0, 0.05) is 45.7 Å². The van der Waals surface area contributed by atoms with E-state index in [1.54, 1.807) is 4.90 Å². The summed E-state index contributed by atoms with van der Waals surface area (Å²) >= 11 is 0. The van der Waals surface area contributed by atoms with Crippen LogP contribution in [-0.2, 0) is 9.59 Å². The molecule has 2 amide bonds. The van der Waals surface area contributed by atoms with Crippen molar-refractivity contribution in [2.45, 2.75) is 39.5 Å². The van der Waals surface area contributed by atoms with E-state index in [9.17, 15) is 9.59 Å². The minimum absolute atomic E-state index is 0.120. The lowest BCUT2D eigenvalue weighted by Gasteiger charge is -2.36. The molecule has 0 N–H and O–H groups in total. The molecule has 0 atom stereocenters. The van der Waals surface area contributed by atoms with E-state index in [4.69, 9.17) is 0 Å². The predicted molar refractivity (Wildman–Crippen MR) is 82.9 cm³/mol. The summed E-state index contributed by atoms with van der Waals surface area (Å²) in [5, 5.41) is 0. The van der Waals surface area contributed by atoms with Gasteiger partial charge < -0.3 is 9.80 Å². The van der Waals surface area contributed by atoms with Crippen molar-refractivity contribution in [3.63, 3.8) is 0 Å². The predicted octanol–water partition coefficient (Wildman–Crippen LogP) is 1.19. The number of amides is 2. The number of carbonyl (C=O) groups excluding carboxylic acids is 2. The molecule has 5 heteroatoms. The molecule has 120 valence electrons. The topological polar surface area (TPSA) is 43.9 Å². The molecule has 2 aliphatic rings. The highest BCUT2D eigenvalue weighted by Crippen LogP contribution is 2.12. The molecular formula is C16H29N3O2. The fraction of sp³-hybridized carbons (Fsp3) is 0.875. The molecule has 0 spiro atoms. The van der Waals surface area contributed by atoms with Crippen molar-refractivity contribution in [2.75, 3.05) is 45.8 Å². The summed E-state index contributed by atoms with van der Waals surface area (Å²) in [7, 11) is 0. The standard InChI is InChI=1S/C16H29N3O2/c1-14(2)12-17-8-10-18(11-9-17)16(21)13-19-7-5-3-4-6-15(19)20/h14H,3-13H2,1-2H3. The lowest BCUT2D eigenvalue weighted by Crippen LogP contribution is -2.52. The summed E-state index contributed by atoms with van der Waals surface area (Å²) in [5.74, 6) is 0.940. The monoisotopic (exact) mass is 295 g/mol. The second-order valence-electron chi connectivity index (χ2n) is 6.70. The molecule has 0 saturated carbocycles. The lowest BCUT2D eigenvalue weighted by molar-refractivity contribution is -0.141. The molecule has 21 heavy (non-hydrogen) atoms. The van der Waals surface area contributed by atoms with Gasteiger partial charge in [0.05, 0.1) is 6.54 Å². The molecule has 0 unspecified atom stereocenters. The van der Waals surface area contributed by atoms with E-state index in [1.807, 2.05) is 4.90 Å². The van der Waals surface area contributed by atoms with E-state index in [1.165, 1.54) is 0 Å². The quantitative estimate of drug-likeness (QED) is 0.782. The van der Waals surface area contributed by atoms with Gasteiger partial charge in [-0.1, -0.05) is 20.3 Å². The SMILES string of the molecule is CC(C)CN1CCN(C(=O)CN2CCCCCC2=O)CC1. The van der Waals surface area contributed by atoms with Crippen molar-refractivity contribution in [1.82, 2.24) is 14.7 Å². The minimum Gasteiger partial charge on any atom is -0.339 e. The van der Waals surface area contributed by atoms with Crippen LogP contribution in [0.1, 0.15) is 39.5 Å². The Morgan fingerprint density at radius 3 is 2.43 bits per heavy atom. The molecule has 2 saturated heterocycles. The summed E-state index contributed by atoms with van der Waals surface area (Å²) in [4.78, 5) is 30.4. The molecule has 0 radical (unpaired) electrons. The van der Waals surface area contributed by atoms with Crippen molar-refractivity contribution in [3.8, 4) is 0 Å². The smallest absolute Gasteiger partial charge is 0.242 e. The first kappa shape index (κ1) is 16.3. The fourth-order valence-electron chi connectivity index (χ4n) is 3.17. The van der Waals surface area contributed by atoms with Crippen LogP contribution in [0.5, 0.6) is 0 Å². The highest BCUT2D eigenvalue weighted by Gasteiger charge is 2.25. The fourth-order valence-corrected chi connectivity index (χ4v) is 3.17. The van der Waals surface area contributed by atoms with Crippen LogP contribution in [0, 0.1) is 5.92 Å². The third kappa shape index (κ3) is 4.99. The van der Waals surface area contributed by atoms with Gasteiger partial charge in [-0.2, -0.15) is 0 Å². The molecule has 0 aromatic rings. The second kappa shape index (κ2) is 7.78. The van der Waals surface area contributed by atoms with E-state index in [-0.39, 0.29) is 18.4 Å². The van der Waals surface area contributed by atoms with Gasteiger partial charge in [-0.3, -0.25) is 14.5 Å². The summed E-state index contributed by atoms with van der Waals surface area (Å²) < 4.78 is 0. The first-order valence-corrected chi connectivity index (χ1v) is 8.34.